The van der Waals surface area contributed by atoms with E-state index in [1.54, 1.807) is 0 Å². The zero-order valence-electron chi connectivity index (χ0n) is 12.2. The lowest BCUT2D eigenvalue weighted by molar-refractivity contribution is 0.187. The fourth-order valence-corrected chi connectivity index (χ4v) is 2.72. The highest BCUT2D eigenvalue weighted by atomic mass is 16.3. The second-order valence-electron chi connectivity index (χ2n) is 5.57. The van der Waals surface area contributed by atoms with Gasteiger partial charge < -0.3 is 15.7 Å². The molecular formula is C16H25N3O. The lowest BCUT2D eigenvalue weighted by Crippen LogP contribution is -2.26. The minimum Gasteiger partial charge on any atom is -0.387 e. The molecule has 2 rings (SSSR count). The van der Waals surface area contributed by atoms with Crippen molar-refractivity contribution in [2.45, 2.75) is 37.8 Å². The summed E-state index contributed by atoms with van der Waals surface area (Å²) < 4.78 is 0. The van der Waals surface area contributed by atoms with Crippen molar-refractivity contribution in [2.24, 2.45) is 10.7 Å². The molecule has 1 aliphatic heterocycles. The average Bonchev–Trinajstić information content (AvgIpc) is 2.89. The standard InChI is InChI=1S/C16H25N3O/c1-19-11-5-8-14(19)9-10-16(17)18-12-15(20)13-6-3-2-4-7-13/h2-4,6-7,14-15,20H,5,8-12H2,1H3,(H2,17,18). The van der Waals surface area contributed by atoms with Gasteiger partial charge in [-0.25, -0.2) is 0 Å². The number of hydrogen-bond acceptors (Lipinski definition) is 3. The van der Waals surface area contributed by atoms with E-state index in [4.69, 9.17) is 5.73 Å². The summed E-state index contributed by atoms with van der Waals surface area (Å²) in [5.74, 6) is 0.653. The van der Waals surface area contributed by atoms with Crippen LogP contribution < -0.4 is 5.73 Å². The molecule has 3 N–H and O–H groups in total. The van der Waals surface area contributed by atoms with Crippen LogP contribution in [0.5, 0.6) is 0 Å². The number of aliphatic imine (C=N–C) groups is 1. The smallest absolute Gasteiger partial charge is 0.0985 e. The maximum Gasteiger partial charge on any atom is 0.0985 e. The van der Waals surface area contributed by atoms with Gasteiger partial charge >= 0.3 is 0 Å². The van der Waals surface area contributed by atoms with Gasteiger partial charge in [-0.05, 0) is 38.4 Å². The van der Waals surface area contributed by atoms with E-state index >= 15 is 0 Å². The number of aliphatic hydroxyl groups is 1. The minimum atomic E-state index is -0.566. The van der Waals surface area contributed by atoms with Gasteiger partial charge in [0, 0.05) is 12.5 Å². The Morgan fingerprint density at radius 1 is 1.45 bits per heavy atom. The van der Waals surface area contributed by atoms with Crippen LogP contribution in [0.4, 0.5) is 0 Å². The highest BCUT2D eigenvalue weighted by Crippen LogP contribution is 2.19. The fraction of sp³-hybridized carbons (Fsp3) is 0.562. The Hall–Kier alpha value is -1.39. The zero-order chi connectivity index (χ0) is 14.4. The van der Waals surface area contributed by atoms with E-state index in [1.165, 1.54) is 19.4 Å². The number of benzene rings is 1. The van der Waals surface area contributed by atoms with E-state index in [-0.39, 0.29) is 0 Å². The summed E-state index contributed by atoms with van der Waals surface area (Å²) in [5, 5.41) is 10.0. The Balaban J connectivity index is 1.76. The van der Waals surface area contributed by atoms with E-state index in [9.17, 15) is 5.11 Å². The molecule has 1 fully saturated rings. The molecule has 1 saturated heterocycles. The van der Waals surface area contributed by atoms with Crippen molar-refractivity contribution in [3.8, 4) is 0 Å². The number of rotatable bonds is 6. The summed E-state index contributed by atoms with van der Waals surface area (Å²) in [6.45, 7) is 1.53. The Labute approximate surface area is 121 Å². The molecule has 2 unspecified atom stereocenters. The second kappa shape index (κ2) is 7.41. The molecule has 0 aromatic heterocycles. The summed E-state index contributed by atoms with van der Waals surface area (Å²) in [4.78, 5) is 6.71. The molecule has 4 nitrogen and oxygen atoms in total. The molecule has 110 valence electrons. The van der Waals surface area contributed by atoms with Crippen LogP contribution in [0.15, 0.2) is 35.3 Å². The van der Waals surface area contributed by atoms with E-state index in [1.807, 2.05) is 30.3 Å². The van der Waals surface area contributed by atoms with Gasteiger partial charge in [0.2, 0.25) is 0 Å². The third-order valence-corrected chi connectivity index (χ3v) is 4.06. The van der Waals surface area contributed by atoms with Crippen molar-refractivity contribution in [3.05, 3.63) is 35.9 Å². The van der Waals surface area contributed by atoms with Crippen LogP contribution >= 0.6 is 0 Å². The lowest BCUT2D eigenvalue weighted by atomic mass is 10.1. The number of amidine groups is 1. The topological polar surface area (TPSA) is 61.8 Å². The summed E-state index contributed by atoms with van der Waals surface area (Å²) in [5.41, 5.74) is 6.83. The first-order valence-corrected chi connectivity index (χ1v) is 7.39. The molecule has 1 aromatic carbocycles. The molecule has 0 radical (unpaired) electrons. The highest BCUT2D eigenvalue weighted by Gasteiger charge is 2.20. The van der Waals surface area contributed by atoms with Crippen LogP contribution in [0, 0.1) is 0 Å². The normalized spacial score (nSPS) is 22.1. The van der Waals surface area contributed by atoms with Crippen LogP contribution in [0.2, 0.25) is 0 Å². The zero-order valence-corrected chi connectivity index (χ0v) is 12.2. The van der Waals surface area contributed by atoms with Crippen molar-refractivity contribution in [2.75, 3.05) is 20.1 Å². The number of likely N-dealkylation sites (tertiary alicyclic amines) is 1. The predicted molar refractivity (Wildman–Crippen MR) is 82.8 cm³/mol. The van der Waals surface area contributed by atoms with Crippen molar-refractivity contribution in [3.63, 3.8) is 0 Å². The van der Waals surface area contributed by atoms with Crippen molar-refractivity contribution in [1.29, 1.82) is 0 Å². The third-order valence-electron chi connectivity index (χ3n) is 4.06. The summed E-state index contributed by atoms with van der Waals surface area (Å²) in [6, 6.07) is 10.2. The molecule has 0 amide bonds. The van der Waals surface area contributed by atoms with Crippen LogP contribution in [-0.2, 0) is 0 Å². The van der Waals surface area contributed by atoms with Crippen molar-refractivity contribution < 1.29 is 5.11 Å². The van der Waals surface area contributed by atoms with Gasteiger partial charge in [0.25, 0.3) is 0 Å². The Morgan fingerprint density at radius 2 is 2.20 bits per heavy atom. The molecule has 1 heterocycles. The van der Waals surface area contributed by atoms with Crippen molar-refractivity contribution in [1.82, 2.24) is 4.90 Å². The second-order valence-corrected chi connectivity index (χ2v) is 5.57. The van der Waals surface area contributed by atoms with E-state index < -0.39 is 6.10 Å². The molecule has 20 heavy (non-hydrogen) atoms. The van der Waals surface area contributed by atoms with Gasteiger partial charge in [-0.3, -0.25) is 4.99 Å². The first-order valence-electron chi connectivity index (χ1n) is 7.39. The van der Waals surface area contributed by atoms with Crippen molar-refractivity contribution >= 4 is 5.84 Å². The summed E-state index contributed by atoms with van der Waals surface area (Å²) >= 11 is 0. The fourth-order valence-electron chi connectivity index (χ4n) is 2.72. The average molecular weight is 275 g/mol. The lowest BCUT2D eigenvalue weighted by Gasteiger charge is -2.18. The highest BCUT2D eigenvalue weighted by molar-refractivity contribution is 5.80. The van der Waals surface area contributed by atoms with Crippen LogP contribution in [0.3, 0.4) is 0 Å². The van der Waals surface area contributed by atoms with E-state index in [2.05, 4.69) is 16.9 Å². The van der Waals surface area contributed by atoms with Crippen LogP contribution in [0.1, 0.15) is 37.4 Å². The largest absolute Gasteiger partial charge is 0.387 e. The summed E-state index contributed by atoms with van der Waals surface area (Å²) in [6.07, 6.45) is 3.86. The molecule has 0 bridgehead atoms. The number of nitrogens with zero attached hydrogens (tertiary/aromatic N) is 2. The quantitative estimate of drug-likeness (QED) is 0.616. The molecule has 4 heteroatoms. The number of hydrogen-bond donors (Lipinski definition) is 2. The molecule has 1 aliphatic rings. The minimum absolute atomic E-state index is 0.344. The van der Waals surface area contributed by atoms with Gasteiger partial charge in [-0.2, -0.15) is 0 Å². The number of nitrogens with two attached hydrogens (primary N) is 1. The molecule has 0 saturated carbocycles. The third kappa shape index (κ3) is 4.32. The molecular weight excluding hydrogens is 250 g/mol. The van der Waals surface area contributed by atoms with Gasteiger partial charge in [-0.15, -0.1) is 0 Å². The predicted octanol–water partition coefficient (Wildman–Crippen LogP) is 1.95. The van der Waals surface area contributed by atoms with Crippen LogP contribution in [0.25, 0.3) is 0 Å². The van der Waals surface area contributed by atoms with Gasteiger partial charge in [0.05, 0.1) is 18.5 Å². The van der Waals surface area contributed by atoms with E-state index in [0.717, 1.165) is 18.4 Å². The molecule has 0 aliphatic carbocycles. The van der Waals surface area contributed by atoms with E-state index in [0.29, 0.717) is 18.4 Å². The molecule has 2 atom stereocenters. The monoisotopic (exact) mass is 275 g/mol. The van der Waals surface area contributed by atoms with Crippen LogP contribution in [-0.4, -0.2) is 42.0 Å². The van der Waals surface area contributed by atoms with Gasteiger partial charge in [0.1, 0.15) is 0 Å². The Morgan fingerprint density at radius 3 is 2.85 bits per heavy atom. The Bertz CT molecular complexity index is 433. The maximum atomic E-state index is 10.0. The van der Waals surface area contributed by atoms with Gasteiger partial charge in [0.15, 0.2) is 0 Å². The first kappa shape index (κ1) is 15.0. The molecule has 1 aromatic rings. The summed E-state index contributed by atoms with van der Waals surface area (Å²) in [7, 11) is 2.17. The Kier molecular flexibility index (Phi) is 5.56. The van der Waals surface area contributed by atoms with Gasteiger partial charge in [-0.1, -0.05) is 30.3 Å². The first-order chi connectivity index (χ1) is 9.66. The maximum absolute atomic E-state index is 10.0. The SMILES string of the molecule is CN1CCCC1CCC(N)=NCC(O)c1ccccc1. The number of aliphatic hydroxyl groups excluding tert-OH is 1. The molecule has 0 spiro atoms.